The van der Waals surface area contributed by atoms with E-state index in [0.717, 1.165) is 15.4 Å². The number of carbonyl (C=O) groups is 1. The Kier molecular flexibility index (Phi) is 6.26. The van der Waals surface area contributed by atoms with E-state index in [1.54, 1.807) is 31.2 Å². The molecule has 1 N–H and O–H groups in total. The van der Waals surface area contributed by atoms with Gasteiger partial charge in [0.15, 0.2) is 0 Å². The third-order valence-electron chi connectivity index (χ3n) is 3.87. The van der Waals surface area contributed by atoms with Crippen molar-refractivity contribution < 1.29 is 17.9 Å². The average Bonchev–Trinajstić information content (AvgIpc) is 2.60. The number of amides is 1. The second-order valence-electron chi connectivity index (χ2n) is 5.95. The van der Waals surface area contributed by atoms with Gasteiger partial charge in [0.25, 0.3) is 10.0 Å². The summed E-state index contributed by atoms with van der Waals surface area (Å²) in [6, 6.07) is 11.7. The van der Waals surface area contributed by atoms with Crippen LogP contribution in [0.5, 0.6) is 5.75 Å². The van der Waals surface area contributed by atoms with Gasteiger partial charge in [0.05, 0.1) is 17.7 Å². The van der Waals surface area contributed by atoms with E-state index in [-0.39, 0.29) is 17.3 Å². The first-order valence-electron chi connectivity index (χ1n) is 8.30. The minimum absolute atomic E-state index is 0.121. The highest BCUT2D eigenvalue weighted by molar-refractivity contribution is 7.92. The van der Waals surface area contributed by atoms with E-state index in [4.69, 9.17) is 4.74 Å². The molecule has 0 bridgehead atoms. The Morgan fingerprint density at radius 3 is 2.27 bits per heavy atom. The van der Waals surface area contributed by atoms with Gasteiger partial charge in [-0.15, -0.1) is 0 Å². The average molecular weight is 376 g/mol. The molecule has 26 heavy (non-hydrogen) atoms. The van der Waals surface area contributed by atoms with Gasteiger partial charge in [0.2, 0.25) is 5.91 Å². The number of benzene rings is 2. The van der Waals surface area contributed by atoms with Crippen LogP contribution >= 0.6 is 0 Å². The van der Waals surface area contributed by atoms with Gasteiger partial charge in [-0.3, -0.25) is 9.10 Å². The highest BCUT2D eigenvalue weighted by Crippen LogP contribution is 2.33. The normalized spacial score (nSPS) is 11.1. The molecular formula is C19H24N2O4S. The number of methoxy groups -OCH3 is 1. The van der Waals surface area contributed by atoms with E-state index in [2.05, 4.69) is 5.32 Å². The fourth-order valence-electron chi connectivity index (χ4n) is 2.52. The monoisotopic (exact) mass is 376 g/mol. The quantitative estimate of drug-likeness (QED) is 0.806. The number of anilines is 1. The third-order valence-corrected chi connectivity index (χ3v) is 5.65. The molecule has 0 unspecified atom stereocenters. The van der Waals surface area contributed by atoms with Gasteiger partial charge in [0.1, 0.15) is 12.3 Å². The topological polar surface area (TPSA) is 75.7 Å². The minimum Gasteiger partial charge on any atom is -0.495 e. The number of nitrogens with one attached hydrogen (secondary N) is 1. The summed E-state index contributed by atoms with van der Waals surface area (Å²) >= 11 is 0. The van der Waals surface area contributed by atoms with Crippen LogP contribution in [0.15, 0.2) is 47.4 Å². The minimum atomic E-state index is -3.94. The van der Waals surface area contributed by atoms with Crippen LogP contribution in [0.3, 0.4) is 0 Å². The number of likely N-dealkylation sites (N-methyl/N-ethyl adjacent to an activating group) is 1. The number of hydrogen-bond acceptors (Lipinski definition) is 4. The molecular weight excluding hydrogens is 352 g/mol. The van der Waals surface area contributed by atoms with Crippen molar-refractivity contribution in [1.29, 1.82) is 0 Å². The Labute approximate surface area is 154 Å². The molecule has 0 atom stereocenters. The van der Waals surface area contributed by atoms with Crippen LogP contribution in [0.1, 0.15) is 18.1 Å². The first kappa shape index (κ1) is 19.8. The zero-order valence-electron chi connectivity index (χ0n) is 15.4. The Morgan fingerprint density at radius 1 is 1.08 bits per heavy atom. The molecule has 2 aromatic carbocycles. The lowest BCUT2D eigenvalue weighted by Gasteiger charge is -2.26. The first-order chi connectivity index (χ1) is 12.3. The van der Waals surface area contributed by atoms with E-state index in [0.29, 0.717) is 18.0 Å². The molecule has 6 nitrogen and oxygen atoms in total. The predicted octanol–water partition coefficient (Wildman–Crippen LogP) is 2.64. The maximum absolute atomic E-state index is 13.3. The molecule has 1 amide bonds. The molecule has 0 saturated heterocycles. The number of nitrogens with zero attached hydrogens (tertiary/aromatic N) is 1. The van der Waals surface area contributed by atoms with Crippen molar-refractivity contribution in [3.63, 3.8) is 0 Å². The van der Waals surface area contributed by atoms with Gasteiger partial charge in [-0.1, -0.05) is 23.8 Å². The molecule has 0 heterocycles. The number of aryl methyl sites for hydroxylation is 2. The molecule has 7 heteroatoms. The van der Waals surface area contributed by atoms with E-state index in [1.165, 1.54) is 19.2 Å². The number of hydrogen-bond donors (Lipinski definition) is 1. The van der Waals surface area contributed by atoms with Gasteiger partial charge in [-0.25, -0.2) is 8.42 Å². The van der Waals surface area contributed by atoms with Gasteiger partial charge in [0, 0.05) is 6.54 Å². The standard InChI is InChI=1S/C19H24N2O4S/c1-5-20-19(22)13-21(17-12-15(3)8-11-18(17)25-4)26(23,24)16-9-6-14(2)7-10-16/h6-12H,5,13H2,1-4H3,(H,20,22). The highest BCUT2D eigenvalue weighted by Gasteiger charge is 2.29. The summed E-state index contributed by atoms with van der Waals surface area (Å²) in [6.07, 6.45) is 0. The van der Waals surface area contributed by atoms with Gasteiger partial charge in [-0.2, -0.15) is 0 Å². The molecule has 0 saturated carbocycles. The molecule has 0 aliphatic rings. The van der Waals surface area contributed by atoms with Crippen molar-refractivity contribution in [3.05, 3.63) is 53.6 Å². The van der Waals surface area contributed by atoms with Crippen LogP contribution in [-0.4, -0.2) is 34.5 Å². The maximum atomic E-state index is 13.3. The van der Waals surface area contributed by atoms with Crippen LogP contribution in [0.2, 0.25) is 0 Å². The Bertz CT molecular complexity index is 877. The van der Waals surface area contributed by atoms with Crippen LogP contribution in [-0.2, 0) is 14.8 Å². The number of rotatable bonds is 7. The smallest absolute Gasteiger partial charge is 0.264 e. The van der Waals surface area contributed by atoms with E-state index in [1.807, 2.05) is 19.9 Å². The van der Waals surface area contributed by atoms with Gasteiger partial charge < -0.3 is 10.1 Å². The fourth-order valence-corrected chi connectivity index (χ4v) is 3.94. The zero-order chi connectivity index (χ0) is 19.3. The van der Waals surface area contributed by atoms with Crippen LogP contribution in [0.4, 0.5) is 5.69 Å². The van der Waals surface area contributed by atoms with E-state index >= 15 is 0 Å². The van der Waals surface area contributed by atoms with Crippen LogP contribution < -0.4 is 14.4 Å². The lowest BCUT2D eigenvalue weighted by Crippen LogP contribution is -2.41. The zero-order valence-corrected chi connectivity index (χ0v) is 16.3. The lowest BCUT2D eigenvalue weighted by molar-refractivity contribution is -0.119. The summed E-state index contributed by atoms with van der Waals surface area (Å²) in [6.45, 7) is 5.61. The molecule has 140 valence electrons. The summed E-state index contributed by atoms with van der Waals surface area (Å²) in [5, 5.41) is 2.64. The van der Waals surface area contributed by atoms with Crippen LogP contribution in [0, 0.1) is 13.8 Å². The Balaban J connectivity index is 2.59. The molecule has 0 aliphatic heterocycles. The van der Waals surface area contributed by atoms with E-state index < -0.39 is 10.0 Å². The fraction of sp³-hybridized carbons (Fsp3) is 0.316. The summed E-state index contributed by atoms with van der Waals surface area (Å²) in [7, 11) is -2.47. The largest absolute Gasteiger partial charge is 0.495 e. The third kappa shape index (κ3) is 4.35. The number of carbonyl (C=O) groups excluding carboxylic acids is 1. The van der Waals surface area contributed by atoms with Gasteiger partial charge in [-0.05, 0) is 50.6 Å². The predicted molar refractivity (Wildman–Crippen MR) is 102 cm³/mol. The van der Waals surface area contributed by atoms with Crippen molar-refractivity contribution >= 4 is 21.6 Å². The maximum Gasteiger partial charge on any atom is 0.264 e. The first-order valence-corrected chi connectivity index (χ1v) is 9.74. The molecule has 0 aliphatic carbocycles. The number of ether oxygens (including phenoxy) is 1. The second-order valence-corrected chi connectivity index (χ2v) is 7.82. The number of sulfonamides is 1. The van der Waals surface area contributed by atoms with Crippen molar-refractivity contribution in [2.75, 3.05) is 24.5 Å². The summed E-state index contributed by atoms with van der Waals surface area (Å²) in [4.78, 5) is 12.3. The van der Waals surface area contributed by atoms with Crippen molar-refractivity contribution in [3.8, 4) is 5.75 Å². The molecule has 0 radical (unpaired) electrons. The summed E-state index contributed by atoms with van der Waals surface area (Å²) in [5.41, 5.74) is 2.15. The van der Waals surface area contributed by atoms with Crippen molar-refractivity contribution in [2.24, 2.45) is 0 Å². The molecule has 2 rings (SSSR count). The molecule has 0 spiro atoms. The SMILES string of the molecule is CCNC(=O)CN(c1cc(C)ccc1OC)S(=O)(=O)c1ccc(C)cc1. The second kappa shape index (κ2) is 8.23. The lowest BCUT2D eigenvalue weighted by atomic mass is 10.2. The molecule has 0 aromatic heterocycles. The van der Waals surface area contributed by atoms with Crippen molar-refractivity contribution in [2.45, 2.75) is 25.7 Å². The highest BCUT2D eigenvalue weighted by atomic mass is 32.2. The summed E-state index contributed by atoms with van der Waals surface area (Å²) in [5.74, 6) is 0.00216. The summed E-state index contributed by atoms with van der Waals surface area (Å²) < 4.78 is 32.9. The van der Waals surface area contributed by atoms with Crippen LogP contribution in [0.25, 0.3) is 0 Å². The Hall–Kier alpha value is -2.54. The molecule has 0 fully saturated rings. The van der Waals surface area contributed by atoms with Gasteiger partial charge >= 0.3 is 0 Å². The Morgan fingerprint density at radius 2 is 1.69 bits per heavy atom. The molecule has 2 aromatic rings. The van der Waals surface area contributed by atoms with Crippen molar-refractivity contribution in [1.82, 2.24) is 5.32 Å². The van der Waals surface area contributed by atoms with E-state index in [9.17, 15) is 13.2 Å².